The summed E-state index contributed by atoms with van der Waals surface area (Å²) in [6.45, 7) is 3.17. The van der Waals surface area contributed by atoms with Crippen molar-refractivity contribution in [2.45, 2.75) is 48.6 Å². The van der Waals surface area contributed by atoms with Gasteiger partial charge < -0.3 is 19.5 Å². The number of phenolic OH excluding ortho intramolecular Hbond substituents is 1. The zero-order chi connectivity index (χ0) is 21.6. The zero-order valence-corrected chi connectivity index (χ0v) is 18.4. The number of phenols is 1. The van der Waals surface area contributed by atoms with Crippen molar-refractivity contribution in [2.24, 2.45) is 0 Å². The van der Waals surface area contributed by atoms with Gasteiger partial charge in [-0.3, -0.25) is 4.79 Å². The number of fused-ring (bicyclic) bond motifs is 4. The highest BCUT2D eigenvalue weighted by molar-refractivity contribution is 7.79. The SMILES string of the molecule is CN1CC[C@]2(C)c3cc(O)ccc3CC1[C@@H]2N(C)C(=O)Cc1ccc(S(=O)O)cc1. The van der Waals surface area contributed by atoms with Crippen LogP contribution in [0.15, 0.2) is 47.4 Å². The first kappa shape index (κ1) is 21.0. The number of aromatic hydroxyl groups is 1. The van der Waals surface area contributed by atoms with E-state index in [4.69, 9.17) is 0 Å². The molecule has 1 aliphatic carbocycles. The highest BCUT2D eigenvalue weighted by Crippen LogP contribution is 2.47. The molecule has 4 rings (SSSR count). The molecule has 1 heterocycles. The van der Waals surface area contributed by atoms with Gasteiger partial charge in [0.15, 0.2) is 11.1 Å². The molecule has 1 amide bonds. The normalized spacial score (nSPS) is 26.7. The minimum Gasteiger partial charge on any atom is -0.508 e. The Kier molecular flexibility index (Phi) is 5.46. The largest absolute Gasteiger partial charge is 0.508 e. The summed E-state index contributed by atoms with van der Waals surface area (Å²) in [5, 5.41) is 10.1. The molecule has 0 spiro atoms. The van der Waals surface area contributed by atoms with Crippen LogP contribution in [0.4, 0.5) is 0 Å². The predicted octanol–water partition coefficient (Wildman–Crippen LogP) is 2.56. The van der Waals surface area contributed by atoms with E-state index in [2.05, 4.69) is 18.9 Å². The third-order valence-corrected chi connectivity index (χ3v) is 7.67. The van der Waals surface area contributed by atoms with E-state index in [1.54, 1.807) is 30.3 Å². The number of hydrogen-bond donors (Lipinski definition) is 2. The Bertz CT molecular complexity index is 993. The number of likely N-dealkylation sites (tertiary alicyclic amines) is 1. The third kappa shape index (κ3) is 3.55. The quantitative estimate of drug-likeness (QED) is 0.732. The molecule has 2 bridgehead atoms. The number of likely N-dealkylation sites (N-methyl/N-ethyl adjacent to an activating group) is 2. The van der Waals surface area contributed by atoms with E-state index >= 15 is 0 Å². The lowest BCUT2D eigenvalue weighted by Crippen LogP contribution is -2.67. The Morgan fingerprint density at radius 3 is 2.63 bits per heavy atom. The number of rotatable bonds is 4. The van der Waals surface area contributed by atoms with Gasteiger partial charge in [-0.1, -0.05) is 25.1 Å². The fourth-order valence-electron chi connectivity index (χ4n) is 5.31. The van der Waals surface area contributed by atoms with Crippen LogP contribution in [0.25, 0.3) is 0 Å². The molecule has 7 heteroatoms. The molecule has 0 radical (unpaired) electrons. The Morgan fingerprint density at radius 2 is 1.97 bits per heavy atom. The molecule has 2 aromatic rings. The number of amides is 1. The van der Waals surface area contributed by atoms with Gasteiger partial charge in [0.2, 0.25) is 5.91 Å². The smallest absolute Gasteiger partial charge is 0.227 e. The number of hydrogen-bond acceptors (Lipinski definition) is 4. The number of carbonyl (C=O) groups excluding carboxylic acids is 1. The van der Waals surface area contributed by atoms with E-state index < -0.39 is 11.1 Å². The summed E-state index contributed by atoms with van der Waals surface area (Å²) < 4.78 is 20.3. The maximum absolute atomic E-state index is 13.2. The maximum atomic E-state index is 13.2. The van der Waals surface area contributed by atoms with Gasteiger partial charge in [0.1, 0.15) is 5.75 Å². The second kappa shape index (κ2) is 7.80. The van der Waals surface area contributed by atoms with Crippen LogP contribution in [0.1, 0.15) is 30.0 Å². The van der Waals surface area contributed by atoms with Crippen LogP contribution < -0.4 is 0 Å². The van der Waals surface area contributed by atoms with Crippen molar-refractivity contribution in [3.8, 4) is 5.75 Å². The Hall–Kier alpha value is -2.22. The van der Waals surface area contributed by atoms with Crippen LogP contribution in [-0.2, 0) is 34.1 Å². The van der Waals surface area contributed by atoms with Crippen LogP contribution in [0, 0.1) is 0 Å². The molecule has 1 aliphatic heterocycles. The number of piperidine rings is 1. The Morgan fingerprint density at radius 1 is 1.27 bits per heavy atom. The van der Waals surface area contributed by atoms with Crippen molar-refractivity contribution in [1.29, 1.82) is 0 Å². The number of benzene rings is 2. The lowest BCUT2D eigenvalue weighted by atomic mass is 9.61. The lowest BCUT2D eigenvalue weighted by Gasteiger charge is -2.57. The van der Waals surface area contributed by atoms with E-state index in [0.717, 1.165) is 30.5 Å². The molecular formula is C23H28N2O4S. The van der Waals surface area contributed by atoms with Gasteiger partial charge in [-0.25, -0.2) is 4.21 Å². The van der Waals surface area contributed by atoms with E-state index in [0.29, 0.717) is 4.90 Å². The van der Waals surface area contributed by atoms with E-state index in [1.807, 2.05) is 24.1 Å². The lowest BCUT2D eigenvalue weighted by molar-refractivity contribution is -0.136. The molecule has 0 saturated carbocycles. The van der Waals surface area contributed by atoms with Gasteiger partial charge in [0, 0.05) is 18.5 Å². The Labute approximate surface area is 179 Å². The molecule has 2 aromatic carbocycles. The fourth-order valence-corrected chi connectivity index (χ4v) is 5.68. The van der Waals surface area contributed by atoms with Gasteiger partial charge in [-0.2, -0.15) is 0 Å². The van der Waals surface area contributed by atoms with E-state index in [1.165, 1.54) is 5.56 Å². The molecular weight excluding hydrogens is 400 g/mol. The molecule has 2 N–H and O–H groups in total. The summed E-state index contributed by atoms with van der Waals surface area (Å²) in [6.07, 6.45) is 2.00. The first-order valence-electron chi connectivity index (χ1n) is 10.2. The minimum absolute atomic E-state index is 0.00210. The number of nitrogens with zero attached hydrogens (tertiary/aromatic N) is 2. The van der Waals surface area contributed by atoms with Crippen molar-refractivity contribution in [1.82, 2.24) is 9.80 Å². The van der Waals surface area contributed by atoms with Crippen molar-refractivity contribution < 1.29 is 18.7 Å². The first-order chi connectivity index (χ1) is 14.2. The predicted molar refractivity (Wildman–Crippen MR) is 116 cm³/mol. The molecule has 160 valence electrons. The summed E-state index contributed by atoms with van der Waals surface area (Å²) in [7, 11) is 4.00. The molecule has 30 heavy (non-hydrogen) atoms. The monoisotopic (exact) mass is 428 g/mol. The van der Waals surface area contributed by atoms with E-state index in [-0.39, 0.29) is 35.6 Å². The van der Waals surface area contributed by atoms with Gasteiger partial charge in [0.25, 0.3) is 0 Å². The van der Waals surface area contributed by atoms with Gasteiger partial charge >= 0.3 is 0 Å². The average Bonchev–Trinajstić information content (AvgIpc) is 2.71. The van der Waals surface area contributed by atoms with Crippen LogP contribution in [0.2, 0.25) is 0 Å². The summed E-state index contributed by atoms with van der Waals surface area (Å²) in [4.78, 5) is 17.8. The summed E-state index contributed by atoms with van der Waals surface area (Å²) in [5.41, 5.74) is 2.98. The minimum atomic E-state index is -2.02. The summed E-state index contributed by atoms with van der Waals surface area (Å²) in [5.74, 6) is 0.287. The van der Waals surface area contributed by atoms with Gasteiger partial charge in [-0.15, -0.1) is 0 Å². The summed E-state index contributed by atoms with van der Waals surface area (Å²) in [6, 6.07) is 12.5. The van der Waals surface area contributed by atoms with E-state index in [9.17, 15) is 18.7 Å². The van der Waals surface area contributed by atoms with Crippen LogP contribution in [-0.4, -0.2) is 62.3 Å². The fraction of sp³-hybridized carbons (Fsp3) is 0.435. The highest BCUT2D eigenvalue weighted by atomic mass is 32.2. The van der Waals surface area contributed by atoms with Crippen LogP contribution in [0.5, 0.6) is 5.75 Å². The average molecular weight is 429 g/mol. The summed E-state index contributed by atoms with van der Waals surface area (Å²) >= 11 is -2.02. The Balaban J connectivity index is 1.63. The molecule has 1 saturated heterocycles. The van der Waals surface area contributed by atoms with Crippen molar-refractivity contribution >= 4 is 17.0 Å². The molecule has 2 unspecified atom stereocenters. The first-order valence-corrected chi connectivity index (χ1v) is 11.3. The van der Waals surface area contributed by atoms with Gasteiger partial charge in [0.05, 0.1) is 17.4 Å². The van der Waals surface area contributed by atoms with Crippen LogP contribution >= 0.6 is 0 Å². The zero-order valence-electron chi connectivity index (χ0n) is 17.5. The second-order valence-electron chi connectivity index (χ2n) is 8.78. The van der Waals surface area contributed by atoms with Crippen LogP contribution in [0.3, 0.4) is 0 Å². The van der Waals surface area contributed by atoms with Crippen molar-refractivity contribution in [2.75, 3.05) is 20.6 Å². The van der Waals surface area contributed by atoms with Crippen molar-refractivity contribution in [3.63, 3.8) is 0 Å². The molecule has 4 atom stereocenters. The third-order valence-electron chi connectivity index (χ3n) is 7.00. The second-order valence-corrected chi connectivity index (χ2v) is 9.75. The molecule has 0 aromatic heterocycles. The molecule has 2 aliphatic rings. The molecule has 6 nitrogen and oxygen atoms in total. The highest BCUT2D eigenvalue weighted by Gasteiger charge is 2.52. The maximum Gasteiger partial charge on any atom is 0.227 e. The number of carbonyl (C=O) groups is 1. The topological polar surface area (TPSA) is 81.1 Å². The van der Waals surface area contributed by atoms with Gasteiger partial charge in [-0.05, 0) is 67.4 Å². The van der Waals surface area contributed by atoms with Crippen molar-refractivity contribution in [3.05, 3.63) is 59.2 Å². The standard InChI is InChI=1S/C23H28N2O4S/c1-23-10-11-24(2)20(13-16-6-7-17(26)14-19(16)23)22(23)25(3)21(27)12-15-4-8-18(9-5-15)30(28)29/h4-9,14,20,22,26H,10-13H2,1-3H3,(H,28,29)/t20?,22-,23+/m0/s1. The molecule has 1 fully saturated rings.